The highest BCUT2D eigenvalue weighted by Crippen LogP contribution is 2.14. The molecular formula is C13H28ClN3O. The summed E-state index contributed by atoms with van der Waals surface area (Å²) in [6.07, 6.45) is 4.35. The lowest BCUT2D eigenvalue weighted by Gasteiger charge is -2.30. The lowest BCUT2D eigenvalue weighted by molar-refractivity contribution is -0.122. The molecule has 0 spiro atoms. The number of carbonyl (C=O) groups excluding carboxylic acids is 1. The third kappa shape index (κ3) is 6.57. The Labute approximate surface area is 117 Å². The topological polar surface area (TPSA) is 58.4 Å². The second-order valence-corrected chi connectivity index (χ2v) is 5.23. The highest BCUT2D eigenvalue weighted by atomic mass is 35.5. The fourth-order valence-electron chi connectivity index (χ4n) is 2.40. The maximum atomic E-state index is 11.6. The Hall–Kier alpha value is -0.320. The van der Waals surface area contributed by atoms with Gasteiger partial charge in [0.05, 0.1) is 6.04 Å². The molecule has 108 valence electrons. The Balaban J connectivity index is 0.00000289. The van der Waals surface area contributed by atoms with Gasteiger partial charge in [-0.3, -0.25) is 4.79 Å². The van der Waals surface area contributed by atoms with Crippen molar-refractivity contribution in [2.24, 2.45) is 11.7 Å². The van der Waals surface area contributed by atoms with Crippen LogP contribution >= 0.6 is 12.4 Å². The Morgan fingerprint density at radius 2 is 2.28 bits per heavy atom. The number of rotatable bonds is 6. The van der Waals surface area contributed by atoms with Crippen molar-refractivity contribution < 1.29 is 4.79 Å². The zero-order valence-electron chi connectivity index (χ0n) is 11.7. The second kappa shape index (κ2) is 9.59. The van der Waals surface area contributed by atoms with Crippen molar-refractivity contribution in [1.29, 1.82) is 0 Å². The lowest BCUT2D eigenvalue weighted by Crippen LogP contribution is -2.45. The van der Waals surface area contributed by atoms with Gasteiger partial charge >= 0.3 is 0 Å². The van der Waals surface area contributed by atoms with Gasteiger partial charge in [0, 0.05) is 19.6 Å². The van der Waals surface area contributed by atoms with Gasteiger partial charge in [-0.2, -0.15) is 0 Å². The average molecular weight is 278 g/mol. The van der Waals surface area contributed by atoms with Gasteiger partial charge in [-0.05, 0) is 31.7 Å². The van der Waals surface area contributed by atoms with Crippen molar-refractivity contribution >= 4 is 18.3 Å². The first kappa shape index (κ1) is 17.7. The zero-order chi connectivity index (χ0) is 12.7. The minimum atomic E-state index is -0.333. The number of hydrogen-bond acceptors (Lipinski definition) is 3. The Morgan fingerprint density at radius 3 is 2.89 bits per heavy atom. The fraction of sp³-hybridized carbons (Fsp3) is 0.923. The van der Waals surface area contributed by atoms with Crippen LogP contribution in [0.4, 0.5) is 0 Å². The van der Waals surface area contributed by atoms with Crippen LogP contribution in [0.1, 0.15) is 39.5 Å². The number of amides is 1. The number of piperidine rings is 1. The summed E-state index contributed by atoms with van der Waals surface area (Å²) in [7, 11) is 0. The summed E-state index contributed by atoms with van der Waals surface area (Å²) in [5.74, 6) is 0.790. The van der Waals surface area contributed by atoms with E-state index in [-0.39, 0.29) is 24.4 Å². The molecule has 0 aromatic rings. The molecule has 0 radical (unpaired) electrons. The molecule has 5 heteroatoms. The van der Waals surface area contributed by atoms with E-state index in [1.807, 2.05) is 6.92 Å². The highest BCUT2D eigenvalue weighted by molar-refractivity contribution is 5.85. The van der Waals surface area contributed by atoms with E-state index < -0.39 is 0 Å². The molecule has 1 amide bonds. The predicted molar refractivity (Wildman–Crippen MR) is 78.0 cm³/mol. The maximum absolute atomic E-state index is 11.6. The van der Waals surface area contributed by atoms with E-state index in [1.165, 1.54) is 19.4 Å². The minimum Gasteiger partial charge on any atom is -0.353 e. The van der Waals surface area contributed by atoms with Gasteiger partial charge < -0.3 is 16.0 Å². The molecule has 1 heterocycles. The number of carbonyl (C=O) groups is 1. The minimum absolute atomic E-state index is 0. The molecule has 1 saturated heterocycles. The van der Waals surface area contributed by atoms with Crippen LogP contribution in [0.3, 0.4) is 0 Å². The molecule has 0 saturated carbocycles. The molecule has 1 rings (SSSR count). The number of halogens is 1. The van der Waals surface area contributed by atoms with Crippen LogP contribution in [0.5, 0.6) is 0 Å². The molecule has 0 bridgehead atoms. The number of nitrogens with one attached hydrogen (secondary N) is 1. The van der Waals surface area contributed by atoms with Crippen molar-refractivity contribution in [3.63, 3.8) is 0 Å². The number of nitrogens with two attached hydrogens (primary N) is 1. The summed E-state index contributed by atoms with van der Waals surface area (Å²) in [4.78, 5) is 14.0. The molecule has 0 aromatic heterocycles. The second-order valence-electron chi connectivity index (χ2n) is 5.23. The smallest absolute Gasteiger partial charge is 0.236 e. The molecule has 0 aromatic carbocycles. The van der Waals surface area contributed by atoms with Crippen LogP contribution < -0.4 is 11.1 Å². The normalized spacial score (nSPS) is 22.1. The summed E-state index contributed by atoms with van der Waals surface area (Å²) in [6.45, 7) is 8.35. The summed E-state index contributed by atoms with van der Waals surface area (Å²) >= 11 is 0. The van der Waals surface area contributed by atoms with Gasteiger partial charge in [-0.25, -0.2) is 0 Å². The van der Waals surface area contributed by atoms with Gasteiger partial charge in [-0.15, -0.1) is 12.4 Å². The van der Waals surface area contributed by atoms with Gasteiger partial charge in [0.15, 0.2) is 0 Å². The van der Waals surface area contributed by atoms with Crippen LogP contribution in [0.15, 0.2) is 0 Å². The molecule has 1 fully saturated rings. The summed E-state index contributed by atoms with van der Waals surface area (Å²) in [6, 6.07) is -0.333. The first-order valence-electron chi connectivity index (χ1n) is 6.89. The molecule has 2 unspecified atom stereocenters. The average Bonchev–Trinajstić information content (AvgIpc) is 2.29. The number of nitrogens with zero attached hydrogens (tertiary/aromatic N) is 1. The van der Waals surface area contributed by atoms with Crippen molar-refractivity contribution in [3.8, 4) is 0 Å². The third-order valence-corrected chi connectivity index (χ3v) is 3.40. The van der Waals surface area contributed by atoms with Crippen molar-refractivity contribution in [1.82, 2.24) is 10.2 Å². The number of likely N-dealkylation sites (tertiary alicyclic amines) is 1. The number of hydrogen-bond donors (Lipinski definition) is 2. The third-order valence-electron chi connectivity index (χ3n) is 3.40. The van der Waals surface area contributed by atoms with E-state index in [1.54, 1.807) is 0 Å². The van der Waals surface area contributed by atoms with E-state index in [2.05, 4.69) is 17.1 Å². The van der Waals surface area contributed by atoms with Crippen LogP contribution in [0.25, 0.3) is 0 Å². The molecule has 2 atom stereocenters. The first-order valence-corrected chi connectivity index (χ1v) is 6.89. The van der Waals surface area contributed by atoms with Crippen molar-refractivity contribution in [2.75, 3.05) is 26.2 Å². The SMILES string of the molecule is CCCC(N)C(=O)NCCN1CCCC(C)C1.Cl. The predicted octanol–water partition coefficient (Wildman–Crippen LogP) is 1.38. The molecule has 18 heavy (non-hydrogen) atoms. The van der Waals surface area contributed by atoms with E-state index in [4.69, 9.17) is 5.73 Å². The van der Waals surface area contributed by atoms with Gasteiger partial charge in [-0.1, -0.05) is 20.3 Å². The molecular weight excluding hydrogens is 250 g/mol. The van der Waals surface area contributed by atoms with E-state index >= 15 is 0 Å². The molecule has 4 nitrogen and oxygen atoms in total. The largest absolute Gasteiger partial charge is 0.353 e. The van der Waals surface area contributed by atoms with E-state index in [0.717, 1.165) is 38.4 Å². The zero-order valence-corrected chi connectivity index (χ0v) is 12.5. The maximum Gasteiger partial charge on any atom is 0.236 e. The fourth-order valence-corrected chi connectivity index (χ4v) is 2.40. The van der Waals surface area contributed by atoms with Crippen LogP contribution in [-0.4, -0.2) is 43.0 Å². The van der Waals surface area contributed by atoms with Gasteiger partial charge in [0.1, 0.15) is 0 Å². The van der Waals surface area contributed by atoms with Crippen molar-refractivity contribution in [2.45, 2.75) is 45.6 Å². The van der Waals surface area contributed by atoms with E-state index in [9.17, 15) is 4.79 Å². The highest BCUT2D eigenvalue weighted by Gasteiger charge is 2.16. The quantitative estimate of drug-likeness (QED) is 0.771. The molecule has 3 N–H and O–H groups in total. The summed E-state index contributed by atoms with van der Waals surface area (Å²) in [5.41, 5.74) is 5.74. The molecule has 0 aliphatic carbocycles. The Morgan fingerprint density at radius 1 is 1.56 bits per heavy atom. The van der Waals surface area contributed by atoms with Crippen LogP contribution in [0.2, 0.25) is 0 Å². The first-order chi connectivity index (χ1) is 8.13. The van der Waals surface area contributed by atoms with Gasteiger partial charge in [0.25, 0.3) is 0 Å². The van der Waals surface area contributed by atoms with Gasteiger partial charge in [0.2, 0.25) is 5.91 Å². The summed E-state index contributed by atoms with van der Waals surface area (Å²) < 4.78 is 0. The van der Waals surface area contributed by atoms with Crippen LogP contribution in [0, 0.1) is 5.92 Å². The Bertz CT molecular complexity index is 238. The molecule has 1 aliphatic rings. The monoisotopic (exact) mass is 277 g/mol. The lowest BCUT2D eigenvalue weighted by atomic mass is 10.0. The standard InChI is InChI=1S/C13H27N3O.ClH/c1-3-5-12(14)13(17)15-7-9-16-8-4-6-11(2)10-16;/h11-12H,3-10,14H2,1-2H3,(H,15,17);1H. The van der Waals surface area contributed by atoms with Crippen LogP contribution in [-0.2, 0) is 4.79 Å². The molecule has 1 aliphatic heterocycles. The summed E-state index contributed by atoms with van der Waals surface area (Å²) in [5, 5.41) is 2.92. The van der Waals surface area contributed by atoms with E-state index in [0.29, 0.717) is 0 Å². The van der Waals surface area contributed by atoms with Crippen molar-refractivity contribution in [3.05, 3.63) is 0 Å². The Kier molecular flexibility index (Phi) is 9.42.